The molecule has 2 heterocycles. The minimum Gasteiger partial charge on any atom is -0.484 e. The van der Waals surface area contributed by atoms with Gasteiger partial charge in [0.25, 0.3) is 11.8 Å². The second kappa shape index (κ2) is 8.35. The molecule has 3 rings (SSSR count). The molecule has 0 saturated carbocycles. The van der Waals surface area contributed by atoms with Crippen LogP contribution < -0.4 is 10.3 Å². The second-order valence-electron chi connectivity index (χ2n) is 5.86. The van der Waals surface area contributed by atoms with Crippen molar-refractivity contribution in [2.24, 2.45) is 0 Å². The van der Waals surface area contributed by atoms with Gasteiger partial charge in [-0.2, -0.15) is 0 Å². The summed E-state index contributed by atoms with van der Waals surface area (Å²) in [7, 11) is 0. The molecular weight excluding hydrogens is 449 g/mol. The van der Waals surface area contributed by atoms with Crippen LogP contribution >= 0.6 is 22.6 Å². The molecule has 0 radical (unpaired) electrons. The molecule has 1 aromatic carbocycles. The van der Waals surface area contributed by atoms with Gasteiger partial charge < -0.3 is 19.5 Å². The lowest BCUT2D eigenvalue weighted by Crippen LogP contribution is -2.51. The highest BCUT2D eigenvalue weighted by atomic mass is 127. The van der Waals surface area contributed by atoms with Crippen LogP contribution in [0.4, 0.5) is 0 Å². The molecule has 7 nitrogen and oxygen atoms in total. The number of carbonyl (C=O) groups is 2. The van der Waals surface area contributed by atoms with Crippen molar-refractivity contribution < 1.29 is 14.3 Å². The van der Waals surface area contributed by atoms with E-state index in [0.717, 1.165) is 3.57 Å². The molecule has 1 aromatic heterocycles. The van der Waals surface area contributed by atoms with E-state index in [-0.39, 0.29) is 24.0 Å². The average molecular weight is 467 g/mol. The molecule has 0 atom stereocenters. The number of amides is 2. The Labute approximate surface area is 164 Å². The predicted octanol–water partition coefficient (Wildman–Crippen LogP) is 1.34. The first-order valence-electron chi connectivity index (χ1n) is 8.17. The molecule has 136 valence electrons. The molecule has 1 N–H and O–H groups in total. The Morgan fingerprint density at radius 1 is 1.00 bits per heavy atom. The van der Waals surface area contributed by atoms with Crippen LogP contribution in [-0.2, 0) is 4.79 Å². The molecule has 1 aliphatic rings. The third kappa shape index (κ3) is 4.63. The Balaban J connectivity index is 1.48. The fourth-order valence-electron chi connectivity index (χ4n) is 2.65. The number of aromatic nitrogens is 1. The molecule has 0 spiro atoms. The summed E-state index contributed by atoms with van der Waals surface area (Å²) >= 11 is 2.21. The molecule has 0 unspecified atom stereocenters. The monoisotopic (exact) mass is 467 g/mol. The van der Waals surface area contributed by atoms with E-state index < -0.39 is 0 Å². The summed E-state index contributed by atoms with van der Waals surface area (Å²) in [5, 5.41) is 0. The van der Waals surface area contributed by atoms with Gasteiger partial charge in [-0.25, -0.2) is 0 Å². The largest absolute Gasteiger partial charge is 0.484 e. The lowest BCUT2D eigenvalue weighted by molar-refractivity contribution is -0.134. The maximum Gasteiger partial charge on any atom is 0.260 e. The molecule has 1 saturated heterocycles. The lowest BCUT2D eigenvalue weighted by atomic mass is 10.2. The Hall–Kier alpha value is -2.36. The molecule has 2 aromatic rings. The van der Waals surface area contributed by atoms with Gasteiger partial charge in [0.1, 0.15) is 5.75 Å². The van der Waals surface area contributed by atoms with E-state index in [0.29, 0.717) is 37.5 Å². The van der Waals surface area contributed by atoms with Gasteiger partial charge in [0.2, 0.25) is 5.56 Å². The Morgan fingerprint density at radius 3 is 2.27 bits per heavy atom. The number of aromatic amines is 1. The van der Waals surface area contributed by atoms with E-state index in [1.807, 2.05) is 24.3 Å². The van der Waals surface area contributed by atoms with E-state index in [1.165, 1.54) is 18.3 Å². The van der Waals surface area contributed by atoms with Gasteiger partial charge in [0, 0.05) is 42.0 Å². The third-order valence-corrected chi connectivity index (χ3v) is 4.85. The van der Waals surface area contributed by atoms with Crippen LogP contribution in [0.5, 0.6) is 5.75 Å². The Bertz CT molecular complexity index is 822. The topological polar surface area (TPSA) is 82.7 Å². The SMILES string of the molecule is O=C(COc1ccc(I)cc1)N1CCN(C(=O)c2ccc(=O)[nH]c2)CC1. The summed E-state index contributed by atoms with van der Waals surface area (Å²) in [5.41, 5.74) is 0.191. The number of benzene rings is 1. The zero-order chi connectivity index (χ0) is 18.5. The predicted molar refractivity (Wildman–Crippen MR) is 104 cm³/mol. The minimum atomic E-state index is -0.245. The van der Waals surface area contributed by atoms with E-state index in [4.69, 9.17) is 4.74 Å². The number of carbonyl (C=O) groups excluding carboxylic acids is 2. The van der Waals surface area contributed by atoms with Crippen molar-refractivity contribution in [1.29, 1.82) is 0 Å². The Morgan fingerprint density at radius 2 is 1.65 bits per heavy atom. The first-order chi connectivity index (χ1) is 12.5. The van der Waals surface area contributed by atoms with Gasteiger partial charge >= 0.3 is 0 Å². The summed E-state index contributed by atoms with van der Waals surface area (Å²) in [5.74, 6) is 0.411. The molecular formula is C18H18IN3O4. The lowest BCUT2D eigenvalue weighted by Gasteiger charge is -2.34. The average Bonchev–Trinajstić information content (AvgIpc) is 2.67. The van der Waals surface area contributed by atoms with Crippen LogP contribution in [0.15, 0.2) is 47.4 Å². The molecule has 8 heteroatoms. The summed E-state index contributed by atoms with van der Waals surface area (Å²) in [4.78, 5) is 41.6. The van der Waals surface area contributed by atoms with Crippen molar-refractivity contribution in [2.75, 3.05) is 32.8 Å². The third-order valence-electron chi connectivity index (χ3n) is 4.13. The first-order valence-corrected chi connectivity index (χ1v) is 9.25. The van der Waals surface area contributed by atoms with Crippen molar-refractivity contribution >= 4 is 34.4 Å². The highest BCUT2D eigenvalue weighted by Crippen LogP contribution is 2.14. The molecule has 0 bridgehead atoms. The summed E-state index contributed by atoms with van der Waals surface area (Å²) < 4.78 is 6.62. The van der Waals surface area contributed by atoms with Gasteiger partial charge in [-0.05, 0) is 52.9 Å². The number of hydrogen-bond donors (Lipinski definition) is 1. The maximum absolute atomic E-state index is 12.4. The number of piperazine rings is 1. The van der Waals surface area contributed by atoms with Crippen LogP contribution in [-0.4, -0.2) is 59.4 Å². The number of H-pyrrole nitrogens is 1. The highest BCUT2D eigenvalue weighted by Gasteiger charge is 2.25. The van der Waals surface area contributed by atoms with E-state index >= 15 is 0 Å². The summed E-state index contributed by atoms with van der Waals surface area (Å²) in [6.45, 7) is 1.81. The number of ether oxygens (including phenoxy) is 1. The number of nitrogens with zero attached hydrogens (tertiary/aromatic N) is 2. The maximum atomic E-state index is 12.4. The van der Waals surface area contributed by atoms with Gasteiger partial charge in [-0.15, -0.1) is 0 Å². The van der Waals surface area contributed by atoms with Crippen LogP contribution in [0.3, 0.4) is 0 Å². The summed E-state index contributed by atoms with van der Waals surface area (Å²) in [6, 6.07) is 10.3. The number of halogens is 1. The number of pyridine rings is 1. The number of nitrogens with one attached hydrogen (secondary N) is 1. The van der Waals surface area contributed by atoms with Gasteiger partial charge in [0.15, 0.2) is 6.61 Å². The highest BCUT2D eigenvalue weighted by molar-refractivity contribution is 14.1. The molecule has 1 fully saturated rings. The first kappa shape index (κ1) is 18.4. The molecule has 26 heavy (non-hydrogen) atoms. The van der Waals surface area contributed by atoms with Gasteiger partial charge in [-0.1, -0.05) is 0 Å². The van der Waals surface area contributed by atoms with Crippen molar-refractivity contribution in [3.63, 3.8) is 0 Å². The van der Waals surface area contributed by atoms with Crippen molar-refractivity contribution in [3.05, 3.63) is 62.1 Å². The fourth-order valence-corrected chi connectivity index (χ4v) is 3.01. The molecule has 0 aliphatic carbocycles. The second-order valence-corrected chi connectivity index (χ2v) is 7.10. The fraction of sp³-hybridized carbons (Fsp3) is 0.278. The number of hydrogen-bond acceptors (Lipinski definition) is 4. The van der Waals surface area contributed by atoms with Crippen LogP contribution in [0, 0.1) is 3.57 Å². The molecule has 2 amide bonds. The standard InChI is InChI=1S/C18H18IN3O4/c19-14-2-4-15(5-3-14)26-12-17(24)21-7-9-22(10-8-21)18(25)13-1-6-16(23)20-11-13/h1-6,11H,7-10,12H2,(H,20,23). The minimum absolute atomic E-state index is 0.0194. The van der Waals surface area contributed by atoms with Crippen LogP contribution in [0.2, 0.25) is 0 Å². The zero-order valence-corrected chi connectivity index (χ0v) is 16.1. The summed E-state index contributed by atoms with van der Waals surface area (Å²) in [6.07, 6.45) is 1.41. The van der Waals surface area contributed by atoms with Gasteiger partial charge in [0.05, 0.1) is 5.56 Å². The molecule has 1 aliphatic heterocycles. The zero-order valence-electron chi connectivity index (χ0n) is 14.0. The van der Waals surface area contributed by atoms with Crippen LogP contribution in [0.25, 0.3) is 0 Å². The normalized spacial score (nSPS) is 14.2. The van der Waals surface area contributed by atoms with Crippen molar-refractivity contribution in [3.8, 4) is 5.75 Å². The quantitative estimate of drug-likeness (QED) is 0.689. The Kier molecular flexibility index (Phi) is 5.92. The smallest absolute Gasteiger partial charge is 0.260 e. The van der Waals surface area contributed by atoms with E-state index in [1.54, 1.807) is 9.80 Å². The number of rotatable bonds is 4. The van der Waals surface area contributed by atoms with Crippen molar-refractivity contribution in [2.45, 2.75) is 0 Å². The van der Waals surface area contributed by atoms with Crippen LogP contribution in [0.1, 0.15) is 10.4 Å². The van der Waals surface area contributed by atoms with Crippen molar-refractivity contribution in [1.82, 2.24) is 14.8 Å². The van der Waals surface area contributed by atoms with E-state index in [2.05, 4.69) is 27.6 Å². The van der Waals surface area contributed by atoms with E-state index in [9.17, 15) is 14.4 Å². The van der Waals surface area contributed by atoms with Gasteiger partial charge in [-0.3, -0.25) is 14.4 Å².